The van der Waals surface area contributed by atoms with Gasteiger partial charge in [0.1, 0.15) is 0 Å². The number of carbonyl (C=O) groups is 1. The van der Waals surface area contributed by atoms with Crippen LogP contribution in [0.3, 0.4) is 0 Å². The summed E-state index contributed by atoms with van der Waals surface area (Å²) in [5.74, 6) is 0. The van der Waals surface area contributed by atoms with Gasteiger partial charge in [-0.15, -0.1) is 6.58 Å². The lowest BCUT2D eigenvalue weighted by atomic mass is 10.2. The molecule has 0 bridgehead atoms. The van der Waals surface area contributed by atoms with Crippen molar-refractivity contribution in [2.24, 2.45) is 0 Å². The Kier molecular flexibility index (Phi) is 5.17. The van der Waals surface area contributed by atoms with E-state index in [1.54, 1.807) is 6.08 Å². The van der Waals surface area contributed by atoms with E-state index in [-0.39, 0.29) is 18.1 Å². The fourth-order valence-corrected chi connectivity index (χ4v) is 0.837. The molecule has 2 N–H and O–H groups in total. The molecule has 0 fully saturated rings. The highest BCUT2D eigenvalue weighted by Gasteiger charge is 2.05. The number of nitrogens with one attached hydrogen (secondary N) is 2. The van der Waals surface area contributed by atoms with Gasteiger partial charge in [-0.3, -0.25) is 0 Å². The first-order chi connectivity index (χ1) is 5.56. The standard InChI is InChI=1S/C9H18N2O/c1-5-6-8(4)11-9(12)10-7(2)3/h5,7-8H,1,6H2,2-4H3,(H2,10,11,12). The molecule has 3 heteroatoms. The predicted octanol–water partition coefficient (Wildman–Crippen LogP) is 1.66. The number of urea groups is 1. The van der Waals surface area contributed by atoms with Crippen molar-refractivity contribution in [2.45, 2.75) is 39.3 Å². The highest BCUT2D eigenvalue weighted by Crippen LogP contribution is 1.90. The summed E-state index contributed by atoms with van der Waals surface area (Å²) in [6.07, 6.45) is 2.59. The number of hydrogen-bond donors (Lipinski definition) is 2. The van der Waals surface area contributed by atoms with Crippen LogP contribution in [0.25, 0.3) is 0 Å². The molecular weight excluding hydrogens is 152 g/mol. The number of hydrogen-bond acceptors (Lipinski definition) is 1. The normalized spacial score (nSPS) is 12.3. The summed E-state index contributed by atoms with van der Waals surface area (Å²) in [5.41, 5.74) is 0. The van der Waals surface area contributed by atoms with Crippen LogP contribution in [0.2, 0.25) is 0 Å². The van der Waals surface area contributed by atoms with Crippen molar-refractivity contribution < 1.29 is 4.79 Å². The fourth-order valence-electron chi connectivity index (χ4n) is 0.837. The van der Waals surface area contributed by atoms with Crippen molar-refractivity contribution in [2.75, 3.05) is 0 Å². The van der Waals surface area contributed by atoms with Crippen LogP contribution in [-0.4, -0.2) is 18.1 Å². The number of carbonyl (C=O) groups excluding carboxylic acids is 1. The van der Waals surface area contributed by atoms with E-state index in [2.05, 4.69) is 17.2 Å². The van der Waals surface area contributed by atoms with Crippen LogP contribution >= 0.6 is 0 Å². The molecule has 0 heterocycles. The summed E-state index contributed by atoms with van der Waals surface area (Å²) in [7, 11) is 0. The average molecular weight is 170 g/mol. The van der Waals surface area contributed by atoms with E-state index in [0.717, 1.165) is 6.42 Å². The Morgan fingerprint density at radius 3 is 2.42 bits per heavy atom. The predicted molar refractivity (Wildman–Crippen MR) is 51.1 cm³/mol. The molecule has 0 aliphatic heterocycles. The van der Waals surface area contributed by atoms with Crippen molar-refractivity contribution in [3.8, 4) is 0 Å². The minimum Gasteiger partial charge on any atom is -0.336 e. The molecule has 0 aromatic heterocycles. The maximum Gasteiger partial charge on any atom is 0.315 e. The van der Waals surface area contributed by atoms with Crippen LogP contribution in [-0.2, 0) is 0 Å². The van der Waals surface area contributed by atoms with E-state index in [1.807, 2.05) is 20.8 Å². The molecule has 1 atom stereocenters. The van der Waals surface area contributed by atoms with E-state index in [1.165, 1.54) is 0 Å². The third-order valence-corrected chi connectivity index (χ3v) is 1.32. The Labute approximate surface area is 74.2 Å². The lowest BCUT2D eigenvalue weighted by Crippen LogP contribution is -2.43. The largest absolute Gasteiger partial charge is 0.336 e. The molecule has 70 valence electrons. The summed E-state index contributed by atoms with van der Waals surface area (Å²) in [6.45, 7) is 9.40. The molecule has 0 spiro atoms. The molecule has 0 rings (SSSR count). The topological polar surface area (TPSA) is 41.1 Å². The molecule has 3 nitrogen and oxygen atoms in total. The summed E-state index contributed by atoms with van der Waals surface area (Å²) >= 11 is 0. The van der Waals surface area contributed by atoms with Crippen LogP contribution in [0, 0.1) is 0 Å². The average Bonchev–Trinajstić information content (AvgIpc) is 1.84. The summed E-state index contributed by atoms with van der Waals surface area (Å²) < 4.78 is 0. The second-order valence-electron chi connectivity index (χ2n) is 3.20. The van der Waals surface area contributed by atoms with Gasteiger partial charge in [-0.2, -0.15) is 0 Å². The molecule has 0 radical (unpaired) electrons. The van der Waals surface area contributed by atoms with Gasteiger partial charge in [0.05, 0.1) is 0 Å². The van der Waals surface area contributed by atoms with Crippen molar-refractivity contribution in [1.29, 1.82) is 0 Å². The molecule has 1 unspecified atom stereocenters. The second-order valence-corrected chi connectivity index (χ2v) is 3.20. The first-order valence-corrected chi connectivity index (χ1v) is 4.24. The third kappa shape index (κ3) is 5.77. The zero-order valence-corrected chi connectivity index (χ0v) is 8.05. The zero-order valence-electron chi connectivity index (χ0n) is 8.05. The van der Waals surface area contributed by atoms with Crippen LogP contribution in [0.5, 0.6) is 0 Å². The first-order valence-electron chi connectivity index (χ1n) is 4.24. The zero-order chi connectivity index (χ0) is 9.56. The molecular formula is C9H18N2O. The fraction of sp³-hybridized carbons (Fsp3) is 0.667. The van der Waals surface area contributed by atoms with Gasteiger partial charge in [0.2, 0.25) is 0 Å². The van der Waals surface area contributed by atoms with E-state index in [0.29, 0.717) is 0 Å². The smallest absolute Gasteiger partial charge is 0.315 e. The summed E-state index contributed by atoms with van der Waals surface area (Å²) in [5, 5.41) is 5.54. The Morgan fingerprint density at radius 2 is 2.00 bits per heavy atom. The quantitative estimate of drug-likeness (QED) is 0.619. The summed E-state index contributed by atoms with van der Waals surface area (Å²) in [6, 6.07) is 0.224. The Balaban J connectivity index is 3.61. The van der Waals surface area contributed by atoms with Gasteiger partial charge < -0.3 is 10.6 Å². The van der Waals surface area contributed by atoms with Crippen molar-refractivity contribution in [1.82, 2.24) is 10.6 Å². The van der Waals surface area contributed by atoms with Gasteiger partial charge in [0.15, 0.2) is 0 Å². The van der Waals surface area contributed by atoms with Crippen LogP contribution in [0.1, 0.15) is 27.2 Å². The molecule has 12 heavy (non-hydrogen) atoms. The van der Waals surface area contributed by atoms with E-state index >= 15 is 0 Å². The minimum atomic E-state index is -0.112. The summed E-state index contributed by atoms with van der Waals surface area (Å²) in [4.78, 5) is 11.1. The third-order valence-electron chi connectivity index (χ3n) is 1.32. The molecule has 0 aliphatic rings. The first kappa shape index (κ1) is 11.0. The van der Waals surface area contributed by atoms with Gasteiger partial charge in [-0.25, -0.2) is 4.79 Å². The van der Waals surface area contributed by atoms with Gasteiger partial charge in [0.25, 0.3) is 0 Å². The Bertz CT molecular complexity index is 155. The molecule has 2 amide bonds. The van der Waals surface area contributed by atoms with Crippen LogP contribution < -0.4 is 10.6 Å². The SMILES string of the molecule is C=CCC(C)NC(=O)NC(C)C. The van der Waals surface area contributed by atoms with Crippen molar-refractivity contribution >= 4 is 6.03 Å². The van der Waals surface area contributed by atoms with Crippen molar-refractivity contribution in [3.05, 3.63) is 12.7 Å². The van der Waals surface area contributed by atoms with Crippen molar-refractivity contribution in [3.63, 3.8) is 0 Å². The van der Waals surface area contributed by atoms with Gasteiger partial charge >= 0.3 is 6.03 Å². The molecule has 0 saturated heterocycles. The van der Waals surface area contributed by atoms with E-state index < -0.39 is 0 Å². The lowest BCUT2D eigenvalue weighted by molar-refractivity contribution is 0.235. The minimum absolute atomic E-state index is 0.112. The lowest BCUT2D eigenvalue weighted by Gasteiger charge is -2.14. The van der Waals surface area contributed by atoms with Gasteiger partial charge in [-0.05, 0) is 27.2 Å². The Hall–Kier alpha value is -0.990. The Morgan fingerprint density at radius 1 is 1.42 bits per heavy atom. The van der Waals surface area contributed by atoms with Crippen LogP contribution in [0.4, 0.5) is 4.79 Å². The van der Waals surface area contributed by atoms with E-state index in [9.17, 15) is 4.79 Å². The maximum absolute atomic E-state index is 11.1. The van der Waals surface area contributed by atoms with Gasteiger partial charge in [-0.1, -0.05) is 6.08 Å². The monoisotopic (exact) mass is 170 g/mol. The number of rotatable bonds is 4. The highest BCUT2D eigenvalue weighted by atomic mass is 16.2. The van der Waals surface area contributed by atoms with Gasteiger partial charge in [0, 0.05) is 12.1 Å². The second kappa shape index (κ2) is 5.63. The number of amides is 2. The highest BCUT2D eigenvalue weighted by molar-refractivity contribution is 5.74. The van der Waals surface area contributed by atoms with Crippen LogP contribution in [0.15, 0.2) is 12.7 Å². The maximum atomic E-state index is 11.1. The molecule has 0 aromatic rings. The molecule has 0 aromatic carbocycles. The van der Waals surface area contributed by atoms with E-state index in [4.69, 9.17) is 0 Å². The molecule has 0 saturated carbocycles. The molecule has 0 aliphatic carbocycles.